The van der Waals surface area contributed by atoms with Crippen LogP contribution in [0, 0.1) is 13.8 Å². The van der Waals surface area contributed by atoms with E-state index in [1.165, 1.54) is 21.9 Å². The first kappa shape index (κ1) is 23.3. The summed E-state index contributed by atoms with van der Waals surface area (Å²) in [5.74, 6) is -1.39. The molecule has 0 aliphatic carbocycles. The van der Waals surface area contributed by atoms with Gasteiger partial charge in [-0.15, -0.1) is 0 Å². The third-order valence-electron chi connectivity index (χ3n) is 5.55. The van der Waals surface area contributed by atoms with Crippen LogP contribution >= 0.6 is 0 Å². The fourth-order valence-electron chi connectivity index (χ4n) is 3.50. The third kappa shape index (κ3) is 5.27. The fraction of sp³-hybridized carbons (Fsp3) is 0.348. The van der Waals surface area contributed by atoms with Crippen molar-refractivity contribution in [3.63, 3.8) is 0 Å². The van der Waals surface area contributed by atoms with E-state index < -0.39 is 23.2 Å². The number of hydrogen-bond donors (Lipinski definition) is 1. The largest absolute Gasteiger partial charge is 0.417 e. The second-order valence-corrected chi connectivity index (χ2v) is 7.70. The van der Waals surface area contributed by atoms with Gasteiger partial charge >= 0.3 is 6.18 Å². The molecule has 0 spiro atoms. The number of carbonyl (C=O) groups is 3. The van der Waals surface area contributed by atoms with E-state index in [9.17, 15) is 27.6 Å². The fourth-order valence-corrected chi connectivity index (χ4v) is 3.50. The zero-order valence-electron chi connectivity index (χ0n) is 17.8. The second-order valence-electron chi connectivity index (χ2n) is 7.70. The summed E-state index contributed by atoms with van der Waals surface area (Å²) in [5.41, 5.74) is 1.11. The Kier molecular flexibility index (Phi) is 6.86. The molecule has 2 aromatic carbocycles. The summed E-state index contributed by atoms with van der Waals surface area (Å²) in [4.78, 5) is 40.2. The second kappa shape index (κ2) is 9.42. The summed E-state index contributed by atoms with van der Waals surface area (Å²) in [5, 5.41) is 2.59. The van der Waals surface area contributed by atoms with E-state index in [1.807, 2.05) is 19.9 Å². The highest BCUT2D eigenvalue weighted by atomic mass is 19.4. The molecule has 1 aliphatic rings. The average Bonchev–Trinajstić information content (AvgIpc) is 2.78. The monoisotopic (exact) mass is 447 g/mol. The first-order chi connectivity index (χ1) is 15.1. The van der Waals surface area contributed by atoms with Crippen LogP contribution in [-0.2, 0) is 11.0 Å². The lowest BCUT2D eigenvalue weighted by Crippen LogP contribution is -2.52. The molecule has 0 unspecified atom stereocenters. The normalized spacial score (nSPS) is 14.3. The number of piperazine rings is 1. The number of halogens is 3. The minimum atomic E-state index is -4.63. The molecule has 0 bridgehead atoms. The molecule has 170 valence electrons. The summed E-state index contributed by atoms with van der Waals surface area (Å²) in [6, 6.07) is 9.93. The maximum Gasteiger partial charge on any atom is 0.417 e. The van der Waals surface area contributed by atoms with Crippen LogP contribution in [0.5, 0.6) is 0 Å². The molecule has 1 aliphatic heterocycles. The molecular weight excluding hydrogens is 423 g/mol. The van der Waals surface area contributed by atoms with Crippen molar-refractivity contribution in [1.29, 1.82) is 0 Å². The van der Waals surface area contributed by atoms with Crippen LogP contribution in [-0.4, -0.2) is 60.2 Å². The van der Waals surface area contributed by atoms with Crippen molar-refractivity contribution in [2.75, 3.05) is 32.7 Å². The highest BCUT2D eigenvalue weighted by Crippen LogP contribution is 2.32. The van der Waals surface area contributed by atoms with Gasteiger partial charge in [0.15, 0.2) is 0 Å². The van der Waals surface area contributed by atoms with Gasteiger partial charge in [0, 0.05) is 31.7 Å². The lowest BCUT2D eigenvalue weighted by atomic mass is 10.1. The van der Waals surface area contributed by atoms with Gasteiger partial charge in [-0.2, -0.15) is 13.2 Å². The highest BCUT2D eigenvalue weighted by Gasteiger charge is 2.36. The molecule has 0 radical (unpaired) electrons. The predicted molar refractivity (Wildman–Crippen MR) is 112 cm³/mol. The van der Waals surface area contributed by atoms with Crippen LogP contribution in [0.1, 0.15) is 37.4 Å². The molecule has 32 heavy (non-hydrogen) atoms. The third-order valence-corrected chi connectivity index (χ3v) is 5.55. The number of aryl methyl sites for hydroxylation is 2. The first-order valence-corrected chi connectivity index (χ1v) is 10.2. The molecule has 0 saturated carbocycles. The Morgan fingerprint density at radius 3 is 2.16 bits per heavy atom. The van der Waals surface area contributed by atoms with E-state index in [2.05, 4.69) is 5.32 Å². The van der Waals surface area contributed by atoms with Crippen molar-refractivity contribution in [3.05, 3.63) is 70.3 Å². The Bertz CT molecular complexity index is 1030. The van der Waals surface area contributed by atoms with E-state index in [1.54, 1.807) is 12.1 Å². The molecule has 3 rings (SSSR count). The number of nitrogens with zero attached hydrogens (tertiary/aromatic N) is 2. The van der Waals surface area contributed by atoms with Crippen LogP contribution in [0.25, 0.3) is 0 Å². The molecule has 1 N–H and O–H groups in total. The maximum absolute atomic E-state index is 13.2. The zero-order chi connectivity index (χ0) is 23.5. The molecule has 0 atom stereocenters. The van der Waals surface area contributed by atoms with Crippen LogP contribution < -0.4 is 5.32 Å². The quantitative estimate of drug-likeness (QED) is 0.784. The summed E-state index contributed by atoms with van der Waals surface area (Å²) in [7, 11) is 0. The summed E-state index contributed by atoms with van der Waals surface area (Å²) in [6.45, 7) is 4.22. The van der Waals surface area contributed by atoms with Crippen LogP contribution in [0.2, 0.25) is 0 Å². The number of rotatable bonds is 4. The van der Waals surface area contributed by atoms with Gasteiger partial charge < -0.3 is 15.1 Å². The molecule has 1 fully saturated rings. The number of amides is 3. The molecular formula is C23H24F3N3O3. The van der Waals surface area contributed by atoms with Gasteiger partial charge in [0.25, 0.3) is 11.8 Å². The van der Waals surface area contributed by atoms with Crippen molar-refractivity contribution >= 4 is 17.7 Å². The number of nitrogens with one attached hydrogen (secondary N) is 1. The van der Waals surface area contributed by atoms with Gasteiger partial charge in [-0.05, 0) is 49.2 Å². The van der Waals surface area contributed by atoms with Gasteiger partial charge in [0.1, 0.15) is 0 Å². The van der Waals surface area contributed by atoms with E-state index in [-0.39, 0.29) is 44.5 Å². The lowest BCUT2D eigenvalue weighted by Gasteiger charge is -2.35. The van der Waals surface area contributed by atoms with Crippen molar-refractivity contribution in [3.8, 4) is 0 Å². The van der Waals surface area contributed by atoms with Gasteiger partial charge in [0.05, 0.1) is 17.7 Å². The van der Waals surface area contributed by atoms with Crippen molar-refractivity contribution in [2.24, 2.45) is 0 Å². The lowest BCUT2D eigenvalue weighted by molar-refractivity contribution is -0.138. The van der Waals surface area contributed by atoms with Crippen molar-refractivity contribution in [1.82, 2.24) is 15.1 Å². The molecule has 1 saturated heterocycles. The van der Waals surface area contributed by atoms with E-state index in [4.69, 9.17) is 0 Å². The predicted octanol–water partition coefficient (Wildman–Crippen LogP) is 3.04. The Balaban J connectivity index is 1.54. The highest BCUT2D eigenvalue weighted by molar-refractivity contribution is 5.97. The zero-order valence-corrected chi connectivity index (χ0v) is 17.8. The number of benzene rings is 2. The molecule has 9 heteroatoms. The van der Waals surface area contributed by atoms with E-state index in [0.717, 1.165) is 23.3 Å². The van der Waals surface area contributed by atoms with E-state index >= 15 is 0 Å². The number of carbonyl (C=O) groups excluding carboxylic acids is 3. The van der Waals surface area contributed by atoms with Crippen molar-refractivity contribution in [2.45, 2.75) is 20.0 Å². The topological polar surface area (TPSA) is 69.7 Å². The van der Waals surface area contributed by atoms with Crippen LogP contribution in [0.4, 0.5) is 13.2 Å². The SMILES string of the molecule is Cc1ccc(C(=O)NCC(=O)N2CCN(C(=O)c3ccccc3C(F)(F)F)CC2)cc1C. The molecule has 3 amide bonds. The van der Waals surface area contributed by atoms with Crippen molar-refractivity contribution < 1.29 is 27.6 Å². The number of hydrogen-bond acceptors (Lipinski definition) is 3. The molecule has 1 heterocycles. The number of alkyl halides is 3. The van der Waals surface area contributed by atoms with Gasteiger partial charge in [-0.3, -0.25) is 14.4 Å². The minimum absolute atomic E-state index is 0.113. The maximum atomic E-state index is 13.2. The van der Waals surface area contributed by atoms with Crippen LogP contribution in [0.15, 0.2) is 42.5 Å². The Morgan fingerprint density at radius 1 is 0.906 bits per heavy atom. The van der Waals surface area contributed by atoms with Gasteiger partial charge in [-0.25, -0.2) is 0 Å². The van der Waals surface area contributed by atoms with Gasteiger partial charge in [-0.1, -0.05) is 18.2 Å². The van der Waals surface area contributed by atoms with E-state index in [0.29, 0.717) is 5.56 Å². The summed E-state index contributed by atoms with van der Waals surface area (Å²) < 4.78 is 39.6. The summed E-state index contributed by atoms with van der Waals surface area (Å²) >= 11 is 0. The molecule has 6 nitrogen and oxygen atoms in total. The molecule has 2 aromatic rings. The van der Waals surface area contributed by atoms with Crippen LogP contribution in [0.3, 0.4) is 0 Å². The standard InChI is InChI=1S/C23H24F3N3O3/c1-15-7-8-17(13-16(15)2)21(31)27-14-20(30)28-9-11-29(12-10-28)22(32)18-5-3-4-6-19(18)23(24,25)26/h3-8,13H,9-12,14H2,1-2H3,(H,27,31). The Hall–Kier alpha value is -3.36. The molecule has 0 aromatic heterocycles. The Morgan fingerprint density at radius 2 is 1.53 bits per heavy atom. The Labute approximate surface area is 184 Å². The minimum Gasteiger partial charge on any atom is -0.343 e. The van der Waals surface area contributed by atoms with Gasteiger partial charge in [0.2, 0.25) is 5.91 Å². The smallest absolute Gasteiger partial charge is 0.343 e. The first-order valence-electron chi connectivity index (χ1n) is 10.2. The summed E-state index contributed by atoms with van der Waals surface area (Å²) in [6.07, 6.45) is -4.63. The average molecular weight is 447 g/mol.